The fraction of sp³-hybridized carbons (Fsp3) is 0.217. The van der Waals surface area contributed by atoms with Crippen LogP contribution in [0.2, 0.25) is 0 Å². The number of benzene rings is 2. The highest BCUT2D eigenvalue weighted by Gasteiger charge is 2.28. The van der Waals surface area contributed by atoms with Gasteiger partial charge in [0.1, 0.15) is 11.8 Å². The maximum absolute atomic E-state index is 12.7. The lowest BCUT2D eigenvalue weighted by atomic mass is 9.98. The molecule has 0 radical (unpaired) electrons. The van der Waals surface area contributed by atoms with Crippen molar-refractivity contribution in [2.24, 2.45) is 0 Å². The molecule has 0 amide bonds. The number of nitriles is 1. The van der Waals surface area contributed by atoms with E-state index < -0.39 is 5.97 Å². The molecule has 5 heteroatoms. The smallest absolute Gasteiger partial charge is 0.355 e. The van der Waals surface area contributed by atoms with E-state index in [4.69, 9.17) is 4.74 Å². The molecular weight excluding hydrogens is 368 g/mol. The average molecular weight is 391 g/mol. The van der Waals surface area contributed by atoms with E-state index in [9.17, 15) is 10.1 Å². The molecule has 1 aromatic heterocycles. The second-order valence-corrected chi connectivity index (χ2v) is 6.92. The van der Waals surface area contributed by atoms with Crippen LogP contribution in [-0.4, -0.2) is 23.4 Å². The Kier molecular flexibility index (Phi) is 6.23. The molecule has 0 aliphatic carbocycles. The molecule has 0 unspecified atom stereocenters. The van der Waals surface area contributed by atoms with Gasteiger partial charge < -0.3 is 9.30 Å². The Morgan fingerprint density at radius 3 is 2.18 bits per heavy atom. The molecule has 0 atom stereocenters. The van der Waals surface area contributed by atoms with Gasteiger partial charge in [-0.15, -0.1) is 11.8 Å². The van der Waals surface area contributed by atoms with Crippen molar-refractivity contribution in [1.29, 1.82) is 5.26 Å². The molecule has 0 bridgehead atoms. The number of carbonyl (C=O) groups excluding carboxylic acids is 1. The Morgan fingerprint density at radius 2 is 1.64 bits per heavy atom. The lowest BCUT2D eigenvalue weighted by Crippen LogP contribution is -2.13. The molecule has 142 valence electrons. The van der Waals surface area contributed by atoms with Crippen LogP contribution in [0.25, 0.3) is 22.3 Å². The van der Waals surface area contributed by atoms with E-state index in [1.165, 1.54) is 11.8 Å². The monoisotopic (exact) mass is 390 g/mol. The third-order valence-electron chi connectivity index (χ3n) is 4.59. The van der Waals surface area contributed by atoms with Gasteiger partial charge in [-0.2, -0.15) is 5.26 Å². The largest absolute Gasteiger partial charge is 0.461 e. The Balaban J connectivity index is 2.19. The van der Waals surface area contributed by atoms with Gasteiger partial charge in [-0.1, -0.05) is 54.6 Å². The Bertz CT molecular complexity index is 1020. The van der Waals surface area contributed by atoms with Crippen LogP contribution >= 0.6 is 11.8 Å². The van der Waals surface area contributed by atoms with Crippen molar-refractivity contribution in [2.45, 2.75) is 25.4 Å². The first-order valence-electron chi connectivity index (χ1n) is 9.19. The number of hydrogen-bond acceptors (Lipinski definition) is 4. The number of rotatable bonds is 6. The Morgan fingerprint density at radius 1 is 1.04 bits per heavy atom. The summed E-state index contributed by atoms with van der Waals surface area (Å²) < 4.78 is 7.18. The molecular formula is C23H22N2O2S. The quantitative estimate of drug-likeness (QED) is 0.405. The molecule has 0 saturated carbocycles. The van der Waals surface area contributed by atoms with Crippen molar-refractivity contribution in [3.8, 4) is 28.3 Å². The van der Waals surface area contributed by atoms with Crippen LogP contribution in [0.1, 0.15) is 29.9 Å². The van der Waals surface area contributed by atoms with E-state index in [-0.39, 0.29) is 6.61 Å². The molecule has 3 rings (SSSR count). The molecule has 28 heavy (non-hydrogen) atoms. The van der Waals surface area contributed by atoms with Crippen LogP contribution < -0.4 is 0 Å². The summed E-state index contributed by atoms with van der Waals surface area (Å²) >= 11 is 1.47. The van der Waals surface area contributed by atoms with Crippen molar-refractivity contribution in [3.05, 3.63) is 65.9 Å². The molecule has 0 aliphatic heterocycles. The standard InChI is InChI=1S/C23H22N2O2S/c1-4-25-21(23(26)27-5-2)20(19(15-24)22(25)28-3)18-13-11-17(12-14-18)16-9-7-6-8-10-16/h6-14H,4-5H2,1-3H3. The second kappa shape index (κ2) is 8.81. The van der Waals surface area contributed by atoms with Gasteiger partial charge in [0.2, 0.25) is 0 Å². The predicted octanol–water partition coefficient (Wildman–Crippen LogP) is 5.61. The summed E-state index contributed by atoms with van der Waals surface area (Å²) in [5.74, 6) is -0.400. The third kappa shape index (κ3) is 3.56. The van der Waals surface area contributed by atoms with Gasteiger partial charge in [0.05, 0.1) is 17.2 Å². The molecule has 0 N–H and O–H groups in total. The maximum Gasteiger partial charge on any atom is 0.355 e. The van der Waals surface area contributed by atoms with Crippen LogP contribution in [0.15, 0.2) is 59.6 Å². The number of nitrogens with zero attached hydrogens (tertiary/aromatic N) is 2. The Labute approximate surface area is 169 Å². The SMILES string of the molecule is CCOC(=O)c1c(-c2ccc(-c3ccccc3)cc2)c(C#N)c(SC)n1CC. The molecule has 0 spiro atoms. The zero-order valence-electron chi connectivity index (χ0n) is 16.2. The second-order valence-electron chi connectivity index (χ2n) is 6.13. The van der Waals surface area contributed by atoms with Crippen molar-refractivity contribution >= 4 is 17.7 Å². The summed E-state index contributed by atoms with van der Waals surface area (Å²) in [6.45, 7) is 4.62. The van der Waals surface area contributed by atoms with Crippen LogP contribution in [0, 0.1) is 11.3 Å². The number of esters is 1. The molecule has 0 saturated heterocycles. The fourth-order valence-corrected chi connectivity index (χ4v) is 4.16. The van der Waals surface area contributed by atoms with Gasteiger partial charge in [-0.3, -0.25) is 0 Å². The minimum Gasteiger partial charge on any atom is -0.461 e. The zero-order valence-corrected chi connectivity index (χ0v) is 17.0. The summed E-state index contributed by atoms with van der Waals surface area (Å²) in [6, 6.07) is 20.4. The fourth-order valence-electron chi connectivity index (χ4n) is 3.37. The minimum atomic E-state index is -0.400. The molecule has 1 heterocycles. The maximum atomic E-state index is 12.7. The summed E-state index contributed by atoms with van der Waals surface area (Å²) in [7, 11) is 0. The number of hydrogen-bond donors (Lipinski definition) is 0. The minimum absolute atomic E-state index is 0.288. The van der Waals surface area contributed by atoms with E-state index in [0.29, 0.717) is 23.4 Å². The first kappa shape index (κ1) is 19.8. The normalized spacial score (nSPS) is 10.5. The van der Waals surface area contributed by atoms with Gasteiger partial charge in [0.25, 0.3) is 0 Å². The highest BCUT2D eigenvalue weighted by atomic mass is 32.2. The van der Waals surface area contributed by atoms with Crippen LogP contribution in [0.3, 0.4) is 0 Å². The van der Waals surface area contributed by atoms with Crippen molar-refractivity contribution in [1.82, 2.24) is 4.57 Å². The molecule has 0 aliphatic rings. The lowest BCUT2D eigenvalue weighted by molar-refractivity contribution is 0.0514. The summed E-state index contributed by atoms with van der Waals surface area (Å²) in [5.41, 5.74) is 4.65. The van der Waals surface area contributed by atoms with Crippen LogP contribution in [-0.2, 0) is 11.3 Å². The number of ether oxygens (including phenoxy) is 1. The molecule has 2 aromatic carbocycles. The van der Waals surface area contributed by atoms with Gasteiger partial charge in [-0.25, -0.2) is 4.79 Å². The summed E-state index contributed by atoms with van der Waals surface area (Å²) in [5, 5.41) is 10.6. The summed E-state index contributed by atoms with van der Waals surface area (Å²) in [4.78, 5) is 12.7. The van der Waals surface area contributed by atoms with Gasteiger partial charge in [0.15, 0.2) is 0 Å². The predicted molar refractivity (Wildman–Crippen MR) is 113 cm³/mol. The number of carbonyl (C=O) groups is 1. The molecule has 0 fully saturated rings. The van der Waals surface area contributed by atoms with Crippen molar-refractivity contribution < 1.29 is 9.53 Å². The first-order chi connectivity index (χ1) is 13.7. The first-order valence-corrected chi connectivity index (χ1v) is 10.4. The number of thioether (sulfide) groups is 1. The molecule has 3 aromatic rings. The van der Waals surface area contributed by atoms with E-state index in [1.54, 1.807) is 6.92 Å². The highest BCUT2D eigenvalue weighted by molar-refractivity contribution is 7.98. The average Bonchev–Trinajstić information content (AvgIpc) is 3.08. The van der Waals surface area contributed by atoms with E-state index >= 15 is 0 Å². The Hall–Kier alpha value is -2.97. The summed E-state index contributed by atoms with van der Waals surface area (Å²) in [6.07, 6.45) is 1.92. The number of aromatic nitrogens is 1. The van der Waals surface area contributed by atoms with Crippen molar-refractivity contribution in [3.63, 3.8) is 0 Å². The van der Waals surface area contributed by atoms with Gasteiger partial charge in [-0.05, 0) is 36.8 Å². The lowest BCUT2D eigenvalue weighted by Gasteiger charge is -2.10. The van der Waals surface area contributed by atoms with Crippen LogP contribution in [0.5, 0.6) is 0 Å². The van der Waals surface area contributed by atoms with Gasteiger partial charge in [0, 0.05) is 12.1 Å². The van der Waals surface area contributed by atoms with E-state index in [2.05, 4.69) is 18.2 Å². The highest BCUT2D eigenvalue weighted by Crippen LogP contribution is 2.38. The topological polar surface area (TPSA) is 55.0 Å². The van der Waals surface area contributed by atoms with E-state index in [0.717, 1.165) is 21.7 Å². The third-order valence-corrected chi connectivity index (χ3v) is 5.40. The van der Waals surface area contributed by atoms with Gasteiger partial charge >= 0.3 is 5.97 Å². The van der Waals surface area contributed by atoms with Crippen molar-refractivity contribution in [2.75, 3.05) is 12.9 Å². The zero-order chi connectivity index (χ0) is 20.1. The van der Waals surface area contributed by atoms with Crippen LogP contribution in [0.4, 0.5) is 0 Å². The van der Waals surface area contributed by atoms with E-state index in [1.807, 2.05) is 60.2 Å². The molecule has 4 nitrogen and oxygen atoms in total.